The van der Waals surface area contributed by atoms with Gasteiger partial charge >= 0.3 is 0 Å². The van der Waals surface area contributed by atoms with Crippen LogP contribution in [-0.2, 0) is 9.59 Å². The summed E-state index contributed by atoms with van der Waals surface area (Å²) in [6.45, 7) is 7.83. The highest BCUT2D eigenvalue weighted by Gasteiger charge is 2.10. The summed E-state index contributed by atoms with van der Waals surface area (Å²) < 4.78 is 5.54. The number of benzene rings is 1. The van der Waals surface area contributed by atoms with Crippen LogP contribution in [0.3, 0.4) is 0 Å². The van der Waals surface area contributed by atoms with Gasteiger partial charge in [0.15, 0.2) is 11.7 Å². The monoisotopic (exact) mass is 351 g/mol. The molecule has 2 amide bonds. The Balaban J connectivity index is 2.37. The number of ether oxygens (including phenoxy) is 1. The highest BCUT2D eigenvalue weighted by atomic mass is 32.1. The van der Waals surface area contributed by atoms with E-state index >= 15 is 0 Å². The lowest BCUT2D eigenvalue weighted by Crippen LogP contribution is -2.49. The van der Waals surface area contributed by atoms with Gasteiger partial charge in [-0.3, -0.25) is 20.4 Å². The molecule has 0 spiro atoms. The molecule has 1 rings (SSSR count). The summed E-state index contributed by atoms with van der Waals surface area (Å²) in [6.07, 6.45) is 0.366. The molecule has 7 heteroatoms. The van der Waals surface area contributed by atoms with E-state index in [9.17, 15) is 9.59 Å². The molecule has 1 aromatic rings. The van der Waals surface area contributed by atoms with Crippen molar-refractivity contribution in [3.8, 4) is 5.75 Å². The van der Waals surface area contributed by atoms with Gasteiger partial charge in [0.25, 0.3) is 5.91 Å². The van der Waals surface area contributed by atoms with Crippen molar-refractivity contribution >= 4 is 29.1 Å². The smallest absolute Gasteiger partial charge is 0.276 e. The zero-order valence-electron chi connectivity index (χ0n) is 14.5. The van der Waals surface area contributed by atoms with Crippen molar-refractivity contribution in [2.75, 3.05) is 6.61 Å². The van der Waals surface area contributed by atoms with E-state index in [-0.39, 0.29) is 23.5 Å². The second-order valence-electron chi connectivity index (χ2n) is 6.13. The fraction of sp³-hybridized carbons (Fsp3) is 0.471. The average molecular weight is 351 g/mol. The summed E-state index contributed by atoms with van der Waals surface area (Å²) in [7, 11) is 0. The SMILES string of the molecule is CC(C)CC(=O)NC(=S)NNC(=O)COc1ccccc1C(C)C. The number of hydrazine groups is 1. The lowest BCUT2D eigenvalue weighted by atomic mass is 10.0. The number of thiocarbonyl (C=S) groups is 1. The summed E-state index contributed by atoms with van der Waals surface area (Å²) in [6, 6.07) is 7.58. The topological polar surface area (TPSA) is 79.5 Å². The minimum Gasteiger partial charge on any atom is -0.483 e. The maximum atomic E-state index is 11.8. The van der Waals surface area contributed by atoms with Gasteiger partial charge in [-0.1, -0.05) is 45.9 Å². The zero-order chi connectivity index (χ0) is 18.1. The van der Waals surface area contributed by atoms with Crippen LogP contribution in [-0.4, -0.2) is 23.5 Å². The van der Waals surface area contributed by atoms with Gasteiger partial charge in [-0.2, -0.15) is 0 Å². The molecule has 3 N–H and O–H groups in total. The molecule has 0 radical (unpaired) electrons. The number of carbonyl (C=O) groups excluding carboxylic acids is 2. The predicted molar refractivity (Wildman–Crippen MR) is 97.5 cm³/mol. The third-order valence-corrected chi connectivity index (χ3v) is 3.27. The highest BCUT2D eigenvalue weighted by molar-refractivity contribution is 7.80. The van der Waals surface area contributed by atoms with Gasteiger partial charge in [0, 0.05) is 6.42 Å². The van der Waals surface area contributed by atoms with Crippen molar-refractivity contribution in [1.82, 2.24) is 16.2 Å². The summed E-state index contributed by atoms with van der Waals surface area (Å²) in [5.74, 6) is 0.617. The molecule has 1 aromatic carbocycles. The molecular weight excluding hydrogens is 326 g/mol. The number of hydrogen-bond acceptors (Lipinski definition) is 4. The molecule has 0 bridgehead atoms. The Labute approximate surface area is 148 Å². The molecule has 0 aliphatic rings. The van der Waals surface area contributed by atoms with E-state index in [4.69, 9.17) is 17.0 Å². The van der Waals surface area contributed by atoms with E-state index in [0.717, 1.165) is 5.56 Å². The van der Waals surface area contributed by atoms with Gasteiger partial charge in [0.1, 0.15) is 5.75 Å². The van der Waals surface area contributed by atoms with E-state index in [1.807, 2.05) is 38.1 Å². The molecular formula is C17H25N3O3S. The Morgan fingerprint density at radius 3 is 2.38 bits per heavy atom. The quantitative estimate of drug-likeness (QED) is 0.541. The highest BCUT2D eigenvalue weighted by Crippen LogP contribution is 2.25. The van der Waals surface area contributed by atoms with Crippen LogP contribution in [0.15, 0.2) is 24.3 Å². The van der Waals surface area contributed by atoms with Crippen molar-refractivity contribution in [2.45, 2.75) is 40.0 Å². The maximum absolute atomic E-state index is 11.8. The van der Waals surface area contributed by atoms with Gasteiger partial charge in [0.05, 0.1) is 0 Å². The summed E-state index contributed by atoms with van der Waals surface area (Å²) >= 11 is 4.94. The predicted octanol–water partition coefficient (Wildman–Crippen LogP) is 2.26. The molecule has 0 aliphatic heterocycles. The summed E-state index contributed by atoms with van der Waals surface area (Å²) in [5, 5.41) is 2.54. The van der Waals surface area contributed by atoms with Crippen LogP contribution in [0, 0.1) is 5.92 Å². The van der Waals surface area contributed by atoms with Crippen LogP contribution in [0.2, 0.25) is 0 Å². The Kier molecular flexibility index (Phi) is 8.18. The van der Waals surface area contributed by atoms with Gasteiger partial charge in [-0.25, -0.2) is 0 Å². The number of rotatable bonds is 6. The first kappa shape index (κ1) is 19.9. The van der Waals surface area contributed by atoms with Gasteiger partial charge in [0.2, 0.25) is 5.91 Å². The van der Waals surface area contributed by atoms with Crippen molar-refractivity contribution in [1.29, 1.82) is 0 Å². The third kappa shape index (κ3) is 7.41. The fourth-order valence-electron chi connectivity index (χ4n) is 1.97. The second-order valence-corrected chi connectivity index (χ2v) is 6.54. The second kappa shape index (κ2) is 9.87. The van der Waals surface area contributed by atoms with E-state index < -0.39 is 5.91 Å². The van der Waals surface area contributed by atoms with Gasteiger partial charge in [-0.05, 0) is 35.7 Å². The lowest BCUT2D eigenvalue weighted by molar-refractivity contribution is -0.124. The van der Waals surface area contributed by atoms with Crippen molar-refractivity contribution in [2.24, 2.45) is 5.92 Å². The van der Waals surface area contributed by atoms with Crippen molar-refractivity contribution in [3.05, 3.63) is 29.8 Å². The molecule has 0 aliphatic carbocycles. The average Bonchev–Trinajstić information content (AvgIpc) is 2.50. The number of para-hydroxylation sites is 1. The molecule has 0 saturated heterocycles. The van der Waals surface area contributed by atoms with Gasteiger partial charge in [-0.15, -0.1) is 0 Å². The fourth-order valence-corrected chi connectivity index (χ4v) is 2.14. The minimum atomic E-state index is -0.394. The Hall–Kier alpha value is -2.15. The number of carbonyl (C=O) groups is 2. The molecule has 132 valence electrons. The zero-order valence-corrected chi connectivity index (χ0v) is 15.3. The first-order valence-corrected chi connectivity index (χ1v) is 8.30. The number of nitrogens with one attached hydrogen (secondary N) is 3. The largest absolute Gasteiger partial charge is 0.483 e. The number of amides is 2. The normalized spacial score (nSPS) is 10.4. The molecule has 0 atom stereocenters. The molecule has 6 nitrogen and oxygen atoms in total. The third-order valence-electron chi connectivity index (χ3n) is 3.06. The van der Waals surface area contributed by atoms with E-state index in [1.165, 1.54) is 0 Å². The van der Waals surface area contributed by atoms with E-state index in [0.29, 0.717) is 18.1 Å². The first-order valence-electron chi connectivity index (χ1n) is 7.90. The van der Waals surface area contributed by atoms with Crippen molar-refractivity contribution < 1.29 is 14.3 Å². The Morgan fingerprint density at radius 2 is 1.75 bits per heavy atom. The molecule has 0 aromatic heterocycles. The van der Waals surface area contributed by atoms with Crippen LogP contribution in [0.1, 0.15) is 45.6 Å². The first-order chi connectivity index (χ1) is 11.3. The summed E-state index contributed by atoms with van der Waals surface area (Å²) in [4.78, 5) is 23.3. The van der Waals surface area contributed by atoms with Crippen LogP contribution >= 0.6 is 12.2 Å². The van der Waals surface area contributed by atoms with Crippen LogP contribution in [0.4, 0.5) is 0 Å². The van der Waals surface area contributed by atoms with Crippen molar-refractivity contribution in [3.63, 3.8) is 0 Å². The van der Waals surface area contributed by atoms with Crippen LogP contribution in [0.25, 0.3) is 0 Å². The molecule has 0 unspecified atom stereocenters. The lowest BCUT2D eigenvalue weighted by Gasteiger charge is -2.14. The standard InChI is InChI=1S/C17H25N3O3S/c1-11(2)9-15(21)18-17(24)20-19-16(22)10-23-14-8-6-5-7-13(14)12(3)4/h5-8,11-12H,9-10H2,1-4H3,(H,19,22)(H2,18,20,21,24). The Bertz CT molecular complexity index is 588. The molecule has 0 heterocycles. The van der Waals surface area contributed by atoms with Gasteiger partial charge < -0.3 is 10.1 Å². The summed E-state index contributed by atoms with van der Waals surface area (Å²) in [5.41, 5.74) is 5.91. The Morgan fingerprint density at radius 1 is 1.08 bits per heavy atom. The molecule has 24 heavy (non-hydrogen) atoms. The minimum absolute atomic E-state index is 0.0524. The maximum Gasteiger partial charge on any atom is 0.276 e. The van der Waals surface area contributed by atoms with Crippen LogP contribution in [0.5, 0.6) is 5.75 Å². The van der Waals surface area contributed by atoms with E-state index in [2.05, 4.69) is 30.0 Å². The molecule has 0 saturated carbocycles. The molecule has 0 fully saturated rings. The van der Waals surface area contributed by atoms with E-state index in [1.54, 1.807) is 0 Å². The number of hydrogen-bond donors (Lipinski definition) is 3. The van der Waals surface area contributed by atoms with Crippen LogP contribution < -0.4 is 20.9 Å².